The summed E-state index contributed by atoms with van der Waals surface area (Å²) in [5.74, 6) is -0.293. The third-order valence-electron chi connectivity index (χ3n) is 7.34. The monoisotopic (exact) mass is 541 g/mol. The number of aryl methyl sites for hydroxylation is 3. The van der Waals surface area contributed by atoms with Crippen LogP contribution in [-0.2, 0) is 26.2 Å². The molecule has 0 spiro atoms. The lowest BCUT2D eigenvalue weighted by Gasteiger charge is -2.31. The number of benzene rings is 2. The van der Waals surface area contributed by atoms with Gasteiger partial charge in [-0.3, -0.25) is 13.9 Å². The Balaban J connectivity index is 1.74. The first-order chi connectivity index (χ1) is 18.0. The third kappa shape index (κ3) is 8.32. The molecular weight excluding hydrogens is 498 g/mol. The van der Waals surface area contributed by atoms with E-state index in [-0.39, 0.29) is 30.8 Å². The number of hydrogen-bond acceptors (Lipinski definition) is 4. The van der Waals surface area contributed by atoms with Gasteiger partial charge < -0.3 is 10.2 Å². The van der Waals surface area contributed by atoms with Crippen molar-refractivity contribution in [3.63, 3.8) is 0 Å². The second-order valence-electron chi connectivity index (χ2n) is 10.8. The second kappa shape index (κ2) is 13.3. The highest BCUT2D eigenvalue weighted by Crippen LogP contribution is 2.25. The van der Waals surface area contributed by atoms with Gasteiger partial charge in [0.2, 0.25) is 21.8 Å². The normalized spacial score (nSPS) is 15.1. The molecule has 38 heavy (non-hydrogen) atoms. The van der Waals surface area contributed by atoms with E-state index < -0.39 is 16.1 Å². The number of hydrogen-bond donors (Lipinski definition) is 1. The standard InChI is InChI=1S/C30H43N3O4S/c1-22-11-9-12-26(19-22)21-32(25(4)30(35)31-27-13-7-6-8-14-27)29(34)15-10-18-33(38(5,36)37)28-20-23(2)16-17-24(28)3/h9,11-12,16-17,19-20,25,27H,6-8,10,13-15,18,21H2,1-5H3,(H,31,35)/t25-/m1/s1. The van der Waals surface area contributed by atoms with Crippen LogP contribution >= 0.6 is 0 Å². The molecule has 7 nitrogen and oxygen atoms in total. The zero-order valence-electron chi connectivity index (χ0n) is 23.5. The fourth-order valence-electron chi connectivity index (χ4n) is 5.13. The highest BCUT2D eigenvalue weighted by molar-refractivity contribution is 7.92. The molecule has 1 saturated carbocycles. The Bertz CT molecular complexity index is 1220. The van der Waals surface area contributed by atoms with E-state index in [2.05, 4.69) is 5.32 Å². The van der Waals surface area contributed by atoms with Crippen LogP contribution in [0.5, 0.6) is 0 Å². The smallest absolute Gasteiger partial charge is 0.242 e. The SMILES string of the molecule is Cc1cccc(CN(C(=O)CCCN(c2cc(C)ccc2C)S(C)(=O)=O)[C@H](C)C(=O)NC2CCCCC2)c1. The molecule has 0 bridgehead atoms. The minimum atomic E-state index is -3.53. The van der Waals surface area contributed by atoms with Gasteiger partial charge in [0.05, 0.1) is 11.9 Å². The highest BCUT2D eigenvalue weighted by atomic mass is 32.2. The van der Waals surface area contributed by atoms with Gasteiger partial charge in [0.1, 0.15) is 6.04 Å². The van der Waals surface area contributed by atoms with Gasteiger partial charge in [-0.15, -0.1) is 0 Å². The Hall–Kier alpha value is -2.87. The first-order valence-corrected chi connectivity index (χ1v) is 15.5. The Labute approximate surface area is 228 Å². The van der Waals surface area contributed by atoms with Gasteiger partial charge in [-0.2, -0.15) is 0 Å². The fourth-order valence-corrected chi connectivity index (χ4v) is 6.14. The van der Waals surface area contributed by atoms with Crippen LogP contribution in [0.4, 0.5) is 5.69 Å². The van der Waals surface area contributed by atoms with Crippen molar-refractivity contribution in [2.75, 3.05) is 17.1 Å². The summed E-state index contributed by atoms with van der Waals surface area (Å²) in [6.07, 6.45) is 7.06. The third-order valence-corrected chi connectivity index (χ3v) is 8.52. The highest BCUT2D eigenvalue weighted by Gasteiger charge is 2.28. The van der Waals surface area contributed by atoms with Crippen LogP contribution in [0.15, 0.2) is 42.5 Å². The van der Waals surface area contributed by atoms with Crippen molar-refractivity contribution < 1.29 is 18.0 Å². The van der Waals surface area contributed by atoms with E-state index in [4.69, 9.17) is 0 Å². The Morgan fingerprint density at radius 3 is 2.34 bits per heavy atom. The number of rotatable bonds is 11. The largest absolute Gasteiger partial charge is 0.352 e. The summed E-state index contributed by atoms with van der Waals surface area (Å²) in [5, 5.41) is 3.16. The lowest BCUT2D eigenvalue weighted by molar-refractivity contribution is -0.141. The van der Waals surface area contributed by atoms with Crippen molar-refractivity contribution >= 4 is 27.5 Å². The lowest BCUT2D eigenvalue weighted by atomic mass is 9.95. The van der Waals surface area contributed by atoms with Crippen LogP contribution in [0.25, 0.3) is 0 Å². The number of carbonyl (C=O) groups is 2. The summed E-state index contributed by atoms with van der Waals surface area (Å²) in [6, 6.07) is 13.2. The molecule has 0 aliphatic heterocycles. The Morgan fingerprint density at radius 1 is 1.00 bits per heavy atom. The zero-order valence-corrected chi connectivity index (χ0v) is 24.3. The molecule has 0 heterocycles. The molecule has 2 amide bonds. The molecule has 1 aliphatic carbocycles. The van der Waals surface area contributed by atoms with Gasteiger partial charge in [-0.1, -0.05) is 61.2 Å². The maximum absolute atomic E-state index is 13.5. The summed E-state index contributed by atoms with van der Waals surface area (Å²) in [7, 11) is -3.53. The number of nitrogens with zero attached hydrogens (tertiary/aromatic N) is 2. The molecule has 0 aromatic heterocycles. The maximum Gasteiger partial charge on any atom is 0.242 e. The molecule has 0 unspecified atom stereocenters. The zero-order chi connectivity index (χ0) is 27.9. The van der Waals surface area contributed by atoms with E-state index in [0.29, 0.717) is 18.7 Å². The first kappa shape index (κ1) is 29.7. The predicted octanol–water partition coefficient (Wildman–Crippen LogP) is 5.02. The summed E-state index contributed by atoms with van der Waals surface area (Å²) in [6.45, 7) is 8.11. The van der Waals surface area contributed by atoms with Crippen molar-refractivity contribution in [2.45, 2.75) is 91.3 Å². The Kier molecular flexibility index (Phi) is 10.4. The quantitative estimate of drug-likeness (QED) is 0.433. The number of nitrogens with one attached hydrogen (secondary N) is 1. The van der Waals surface area contributed by atoms with Crippen molar-refractivity contribution in [1.82, 2.24) is 10.2 Å². The van der Waals surface area contributed by atoms with Crippen molar-refractivity contribution in [3.8, 4) is 0 Å². The van der Waals surface area contributed by atoms with Gasteiger partial charge in [-0.25, -0.2) is 8.42 Å². The van der Waals surface area contributed by atoms with E-state index in [0.717, 1.165) is 47.9 Å². The van der Waals surface area contributed by atoms with Gasteiger partial charge >= 0.3 is 0 Å². The van der Waals surface area contributed by atoms with Crippen LogP contribution in [0.2, 0.25) is 0 Å². The van der Waals surface area contributed by atoms with E-state index in [1.807, 2.05) is 63.2 Å². The molecule has 0 saturated heterocycles. The minimum absolute atomic E-state index is 0.133. The summed E-state index contributed by atoms with van der Waals surface area (Å²) >= 11 is 0. The van der Waals surface area contributed by atoms with Crippen LogP contribution < -0.4 is 9.62 Å². The predicted molar refractivity (Wildman–Crippen MR) is 154 cm³/mol. The van der Waals surface area contributed by atoms with E-state index in [1.54, 1.807) is 11.8 Å². The summed E-state index contributed by atoms with van der Waals surface area (Å²) in [4.78, 5) is 28.4. The molecule has 3 rings (SSSR count). The van der Waals surface area contributed by atoms with Crippen LogP contribution in [-0.4, -0.2) is 50.0 Å². The average Bonchev–Trinajstić information content (AvgIpc) is 2.86. The topological polar surface area (TPSA) is 86.8 Å². The van der Waals surface area contributed by atoms with Gasteiger partial charge in [0, 0.05) is 25.6 Å². The molecule has 1 aliphatic rings. The number of carbonyl (C=O) groups excluding carboxylic acids is 2. The average molecular weight is 542 g/mol. The molecule has 8 heteroatoms. The molecule has 2 aromatic rings. The Morgan fingerprint density at radius 2 is 1.68 bits per heavy atom. The first-order valence-electron chi connectivity index (χ1n) is 13.7. The van der Waals surface area contributed by atoms with E-state index in [1.165, 1.54) is 17.0 Å². The molecule has 1 N–H and O–H groups in total. The second-order valence-corrected chi connectivity index (χ2v) is 12.7. The van der Waals surface area contributed by atoms with E-state index >= 15 is 0 Å². The van der Waals surface area contributed by atoms with Crippen LogP contribution in [0.1, 0.15) is 74.1 Å². The van der Waals surface area contributed by atoms with Crippen LogP contribution in [0.3, 0.4) is 0 Å². The summed E-state index contributed by atoms with van der Waals surface area (Å²) < 4.78 is 26.7. The molecule has 208 valence electrons. The molecule has 1 fully saturated rings. The maximum atomic E-state index is 13.5. The molecule has 0 radical (unpaired) electrons. The van der Waals surface area contributed by atoms with Crippen molar-refractivity contribution in [3.05, 3.63) is 64.7 Å². The summed E-state index contributed by atoms with van der Waals surface area (Å²) in [5.41, 5.74) is 4.52. The molecule has 2 aromatic carbocycles. The number of amides is 2. The van der Waals surface area contributed by atoms with Crippen molar-refractivity contribution in [1.29, 1.82) is 0 Å². The van der Waals surface area contributed by atoms with Gasteiger partial charge in [0.25, 0.3) is 0 Å². The fraction of sp³-hybridized carbons (Fsp3) is 0.533. The van der Waals surface area contributed by atoms with Gasteiger partial charge in [0.15, 0.2) is 0 Å². The molecule has 1 atom stereocenters. The number of sulfonamides is 1. The number of anilines is 1. The van der Waals surface area contributed by atoms with Crippen LogP contribution in [0, 0.1) is 20.8 Å². The minimum Gasteiger partial charge on any atom is -0.352 e. The lowest BCUT2D eigenvalue weighted by Crippen LogP contribution is -2.50. The van der Waals surface area contributed by atoms with E-state index in [9.17, 15) is 18.0 Å². The molecular formula is C30H43N3O4S. The van der Waals surface area contributed by atoms with Gasteiger partial charge in [-0.05, 0) is 69.7 Å². The van der Waals surface area contributed by atoms with Crippen molar-refractivity contribution in [2.24, 2.45) is 0 Å².